The molecule has 0 bridgehead atoms. The van der Waals surface area contributed by atoms with Crippen LogP contribution in [0.15, 0.2) is 28.8 Å². The summed E-state index contributed by atoms with van der Waals surface area (Å²) < 4.78 is 2.02. The smallest absolute Gasteiger partial charge is 0.188 e. The first-order valence-corrected chi connectivity index (χ1v) is 7.60. The fourth-order valence-electron chi connectivity index (χ4n) is 1.84. The van der Waals surface area contributed by atoms with Gasteiger partial charge in [0, 0.05) is 37.4 Å². The first-order chi connectivity index (χ1) is 9.79. The molecular formula is C13H20N6S. The first-order valence-electron chi connectivity index (χ1n) is 6.72. The largest absolute Gasteiger partial charge is 0.370 e. The Morgan fingerprint density at radius 2 is 2.45 bits per heavy atom. The average molecular weight is 292 g/mol. The van der Waals surface area contributed by atoms with Crippen LogP contribution in [0.3, 0.4) is 0 Å². The van der Waals surface area contributed by atoms with Crippen molar-refractivity contribution in [1.82, 2.24) is 20.1 Å². The predicted molar refractivity (Wildman–Crippen MR) is 81.9 cm³/mol. The van der Waals surface area contributed by atoms with Crippen molar-refractivity contribution >= 4 is 17.3 Å². The topological polar surface area (TPSA) is 81.1 Å². The molecule has 0 saturated heterocycles. The van der Waals surface area contributed by atoms with E-state index in [4.69, 9.17) is 5.73 Å². The molecule has 0 amide bonds. The highest BCUT2D eigenvalue weighted by atomic mass is 32.1. The van der Waals surface area contributed by atoms with Gasteiger partial charge in [-0.1, -0.05) is 13.0 Å². The van der Waals surface area contributed by atoms with Gasteiger partial charge < -0.3 is 15.6 Å². The van der Waals surface area contributed by atoms with Crippen LogP contribution >= 0.6 is 11.3 Å². The molecule has 0 spiro atoms. The zero-order chi connectivity index (χ0) is 14.2. The first kappa shape index (κ1) is 14.5. The number of nitrogens with two attached hydrogens (primary N) is 1. The summed E-state index contributed by atoms with van der Waals surface area (Å²) in [6.45, 7) is 4.29. The van der Waals surface area contributed by atoms with Gasteiger partial charge in [-0.15, -0.1) is 21.5 Å². The minimum absolute atomic E-state index is 0.493. The molecule has 6 nitrogen and oxygen atoms in total. The van der Waals surface area contributed by atoms with Gasteiger partial charge in [0.2, 0.25) is 0 Å². The van der Waals surface area contributed by atoms with Crippen LogP contribution in [0.1, 0.15) is 17.6 Å². The number of thiophene rings is 1. The summed E-state index contributed by atoms with van der Waals surface area (Å²) in [5, 5.41) is 13.1. The number of nitrogens with zero attached hydrogens (tertiary/aromatic N) is 4. The summed E-state index contributed by atoms with van der Waals surface area (Å²) in [6.07, 6.45) is 3.56. The molecule has 0 fully saturated rings. The van der Waals surface area contributed by atoms with E-state index in [2.05, 4.69) is 44.9 Å². The molecule has 0 aromatic carbocycles. The molecule has 0 radical (unpaired) electrons. The molecule has 2 heterocycles. The minimum Gasteiger partial charge on any atom is -0.370 e. The molecule has 7 heteroatoms. The third kappa shape index (κ3) is 4.34. The van der Waals surface area contributed by atoms with Gasteiger partial charge in [0.1, 0.15) is 12.2 Å². The summed E-state index contributed by atoms with van der Waals surface area (Å²) in [4.78, 5) is 5.64. The average Bonchev–Trinajstić information content (AvgIpc) is 3.09. The lowest BCUT2D eigenvalue weighted by Crippen LogP contribution is -2.34. The molecule has 0 atom stereocenters. The van der Waals surface area contributed by atoms with Gasteiger partial charge in [-0.25, -0.2) is 0 Å². The van der Waals surface area contributed by atoms with Gasteiger partial charge in [0.15, 0.2) is 5.96 Å². The zero-order valence-corrected chi connectivity index (χ0v) is 12.4. The molecule has 0 aliphatic rings. The molecule has 2 aromatic rings. The van der Waals surface area contributed by atoms with Crippen molar-refractivity contribution in [2.24, 2.45) is 10.7 Å². The highest BCUT2D eigenvalue weighted by Crippen LogP contribution is 2.08. The van der Waals surface area contributed by atoms with E-state index in [9.17, 15) is 0 Å². The molecule has 20 heavy (non-hydrogen) atoms. The Labute approximate surface area is 122 Å². The van der Waals surface area contributed by atoms with Gasteiger partial charge >= 0.3 is 0 Å². The van der Waals surface area contributed by atoms with Crippen molar-refractivity contribution < 1.29 is 0 Å². The number of hydrogen-bond acceptors (Lipinski definition) is 4. The molecule has 0 aliphatic carbocycles. The number of aliphatic imine (C=N–C) groups is 1. The third-order valence-corrected chi connectivity index (χ3v) is 3.83. The van der Waals surface area contributed by atoms with Crippen LogP contribution < -0.4 is 11.1 Å². The van der Waals surface area contributed by atoms with Crippen molar-refractivity contribution in [2.75, 3.05) is 13.1 Å². The minimum atomic E-state index is 0.493. The van der Waals surface area contributed by atoms with Crippen molar-refractivity contribution in [3.05, 3.63) is 34.5 Å². The fourth-order valence-corrected chi connectivity index (χ4v) is 2.54. The Kier molecular flexibility index (Phi) is 5.55. The zero-order valence-electron chi connectivity index (χ0n) is 11.6. The predicted octanol–water partition coefficient (Wildman–Crippen LogP) is 1.05. The van der Waals surface area contributed by atoms with Gasteiger partial charge in [-0.2, -0.15) is 0 Å². The maximum Gasteiger partial charge on any atom is 0.188 e. The number of nitrogens with one attached hydrogen (secondary N) is 1. The van der Waals surface area contributed by atoms with Crippen molar-refractivity contribution in [2.45, 2.75) is 26.3 Å². The summed E-state index contributed by atoms with van der Waals surface area (Å²) in [5.74, 6) is 1.48. The lowest BCUT2D eigenvalue weighted by molar-refractivity contribution is 0.638. The molecule has 0 unspecified atom stereocenters. The van der Waals surface area contributed by atoms with Crippen LogP contribution in [0.2, 0.25) is 0 Å². The second-order valence-electron chi connectivity index (χ2n) is 4.32. The number of aryl methyl sites for hydroxylation is 1. The summed E-state index contributed by atoms with van der Waals surface area (Å²) >= 11 is 1.75. The number of aromatic nitrogens is 3. The van der Waals surface area contributed by atoms with Crippen LogP contribution in [-0.2, 0) is 19.4 Å². The van der Waals surface area contributed by atoms with Crippen LogP contribution in [0.5, 0.6) is 0 Å². The summed E-state index contributed by atoms with van der Waals surface area (Å²) in [6, 6.07) is 4.16. The molecule has 2 aromatic heterocycles. The molecule has 2 rings (SSSR count). The van der Waals surface area contributed by atoms with Crippen molar-refractivity contribution in [3.63, 3.8) is 0 Å². The van der Waals surface area contributed by atoms with E-state index in [0.717, 1.165) is 31.8 Å². The Hall–Kier alpha value is -1.89. The highest BCUT2D eigenvalue weighted by molar-refractivity contribution is 7.09. The second-order valence-corrected chi connectivity index (χ2v) is 5.35. The van der Waals surface area contributed by atoms with Crippen LogP contribution in [0.25, 0.3) is 0 Å². The third-order valence-electron chi connectivity index (χ3n) is 2.89. The number of guanidine groups is 1. The summed E-state index contributed by atoms with van der Waals surface area (Å²) in [5.41, 5.74) is 5.82. The molecule has 0 saturated carbocycles. The maximum absolute atomic E-state index is 5.82. The fraction of sp³-hybridized carbons (Fsp3) is 0.462. The lowest BCUT2D eigenvalue weighted by Gasteiger charge is -2.07. The van der Waals surface area contributed by atoms with Gasteiger partial charge in [0.05, 0.1) is 0 Å². The Bertz CT molecular complexity index is 531. The van der Waals surface area contributed by atoms with E-state index < -0.39 is 0 Å². The molecule has 0 aliphatic heterocycles. The van der Waals surface area contributed by atoms with Crippen LogP contribution in [-0.4, -0.2) is 33.8 Å². The van der Waals surface area contributed by atoms with Crippen molar-refractivity contribution in [1.29, 1.82) is 0 Å². The van der Waals surface area contributed by atoms with Gasteiger partial charge in [-0.05, 0) is 11.4 Å². The number of rotatable bonds is 7. The second kappa shape index (κ2) is 7.64. The quantitative estimate of drug-likeness (QED) is 0.590. The van der Waals surface area contributed by atoms with E-state index >= 15 is 0 Å². The van der Waals surface area contributed by atoms with E-state index in [1.165, 1.54) is 4.88 Å². The molecular weight excluding hydrogens is 272 g/mol. The van der Waals surface area contributed by atoms with E-state index in [1.54, 1.807) is 17.7 Å². The molecule has 108 valence electrons. The normalized spacial score (nSPS) is 11.8. The molecule has 3 N–H and O–H groups in total. The van der Waals surface area contributed by atoms with E-state index in [-0.39, 0.29) is 0 Å². The Balaban J connectivity index is 1.68. The Morgan fingerprint density at radius 3 is 3.20 bits per heavy atom. The number of hydrogen-bond donors (Lipinski definition) is 2. The monoisotopic (exact) mass is 292 g/mol. The van der Waals surface area contributed by atoms with Gasteiger partial charge in [-0.3, -0.25) is 4.99 Å². The standard InChI is InChI=1S/C13H20N6S/c1-2-12-18-17-10-19(12)8-7-16-13(14)15-6-5-11-4-3-9-20-11/h3-4,9-10H,2,5-8H2,1H3,(H3,14,15,16). The maximum atomic E-state index is 5.82. The van der Waals surface area contributed by atoms with Crippen LogP contribution in [0, 0.1) is 0 Å². The van der Waals surface area contributed by atoms with Crippen molar-refractivity contribution in [3.8, 4) is 0 Å². The summed E-state index contributed by atoms with van der Waals surface area (Å²) in [7, 11) is 0. The highest BCUT2D eigenvalue weighted by Gasteiger charge is 2.00. The lowest BCUT2D eigenvalue weighted by atomic mass is 10.3. The Morgan fingerprint density at radius 1 is 1.55 bits per heavy atom. The van der Waals surface area contributed by atoms with Gasteiger partial charge in [0.25, 0.3) is 0 Å². The van der Waals surface area contributed by atoms with E-state index in [0.29, 0.717) is 12.5 Å². The SMILES string of the molecule is CCc1nncn1CCNC(N)=NCCc1cccs1. The van der Waals surface area contributed by atoms with E-state index in [1.807, 2.05) is 4.57 Å². The van der Waals surface area contributed by atoms with Crippen LogP contribution in [0.4, 0.5) is 0 Å².